The summed E-state index contributed by atoms with van der Waals surface area (Å²) in [6.45, 7) is 0. The lowest BCUT2D eigenvalue weighted by atomic mass is 10.2. The number of benzene rings is 1. The number of primary sulfonamides is 1. The van der Waals surface area contributed by atoms with Crippen molar-refractivity contribution >= 4 is 21.6 Å². The van der Waals surface area contributed by atoms with Crippen molar-refractivity contribution in [3.63, 3.8) is 0 Å². The minimum Gasteiger partial charge on any atom is -0.319 e. The van der Waals surface area contributed by atoms with Gasteiger partial charge in [-0.2, -0.15) is 5.10 Å². The highest BCUT2D eigenvalue weighted by Gasteiger charge is 2.09. The summed E-state index contributed by atoms with van der Waals surface area (Å²) in [7, 11) is -3.56. The number of sulfonamides is 1. The van der Waals surface area contributed by atoms with Crippen LogP contribution in [0.5, 0.6) is 0 Å². The summed E-state index contributed by atoms with van der Waals surface area (Å²) in [6.07, 6.45) is 1.23. The number of anilines is 1. The minimum atomic E-state index is -3.56. The third-order valence-corrected chi connectivity index (χ3v) is 2.95. The van der Waals surface area contributed by atoms with Gasteiger partial charge in [0.05, 0.1) is 5.75 Å². The van der Waals surface area contributed by atoms with Crippen molar-refractivity contribution in [1.29, 1.82) is 0 Å². The summed E-state index contributed by atoms with van der Waals surface area (Å²) in [6, 6.07) is 6.30. The molecule has 1 aromatic heterocycles. The van der Waals surface area contributed by atoms with Gasteiger partial charge in [0.15, 0.2) is 0 Å². The molecule has 9 heteroatoms. The molecule has 1 amide bonds. The fraction of sp³-hybridized carbons (Fsp3) is 0.100. The van der Waals surface area contributed by atoms with E-state index >= 15 is 0 Å². The molecule has 100 valence electrons. The number of nitrogens with one attached hydrogen (secondary N) is 2. The number of aromatic amines is 1. The van der Waals surface area contributed by atoms with Gasteiger partial charge in [-0.25, -0.2) is 18.5 Å². The molecule has 0 aliphatic heterocycles. The summed E-state index contributed by atoms with van der Waals surface area (Å²) in [5.41, 5.74) is 1.06. The van der Waals surface area contributed by atoms with E-state index in [1.807, 2.05) is 0 Å². The maximum Gasteiger partial charge on any atom is 0.292 e. The molecule has 0 fully saturated rings. The first kappa shape index (κ1) is 13.2. The van der Waals surface area contributed by atoms with E-state index in [-0.39, 0.29) is 11.6 Å². The molecule has 0 saturated carbocycles. The molecule has 2 rings (SSSR count). The monoisotopic (exact) mass is 281 g/mol. The highest BCUT2D eigenvalue weighted by molar-refractivity contribution is 7.88. The van der Waals surface area contributed by atoms with E-state index in [9.17, 15) is 13.2 Å². The fourth-order valence-corrected chi connectivity index (χ4v) is 2.08. The van der Waals surface area contributed by atoms with Crippen LogP contribution in [0.4, 0.5) is 5.69 Å². The van der Waals surface area contributed by atoms with Gasteiger partial charge >= 0.3 is 0 Å². The van der Waals surface area contributed by atoms with Crippen LogP contribution in [-0.2, 0) is 15.8 Å². The lowest BCUT2D eigenvalue weighted by Gasteiger charge is -2.04. The van der Waals surface area contributed by atoms with E-state index in [0.717, 1.165) is 0 Å². The molecule has 0 unspecified atom stereocenters. The quantitative estimate of drug-likeness (QED) is 0.717. The van der Waals surface area contributed by atoms with Crippen molar-refractivity contribution in [3.05, 3.63) is 42.0 Å². The Hall–Kier alpha value is -2.26. The number of H-pyrrole nitrogens is 1. The van der Waals surface area contributed by atoms with Crippen molar-refractivity contribution in [2.24, 2.45) is 5.14 Å². The number of nitrogens with zero attached hydrogens (tertiary/aromatic N) is 2. The van der Waals surface area contributed by atoms with Gasteiger partial charge in [-0.15, -0.1) is 0 Å². The lowest BCUT2D eigenvalue weighted by Crippen LogP contribution is -2.15. The smallest absolute Gasteiger partial charge is 0.292 e. The average Bonchev–Trinajstić information content (AvgIpc) is 2.83. The number of carbonyl (C=O) groups is 1. The van der Waals surface area contributed by atoms with Crippen molar-refractivity contribution in [1.82, 2.24) is 15.2 Å². The zero-order valence-electron chi connectivity index (χ0n) is 9.70. The number of amides is 1. The van der Waals surface area contributed by atoms with E-state index in [2.05, 4.69) is 20.5 Å². The lowest BCUT2D eigenvalue weighted by molar-refractivity contribution is 0.101. The summed E-state index contributed by atoms with van der Waals surface area (Å²) in [5.74, 6) is -0.589. The highest BCUT2D eigenvalue weighted by atomic mass is 32.2. The second-order valence-electron chi connectivity index (χ2n) is 3.79. The van der Waals surface area contributed by atoms with Crippen LogP contribution in [-0.4, -0.2) is 29.5 Å². The van der Waals surface area contributed by atoms with Crippen molar-refractivity contribution in [3.8, 4) is 0 Å². The van der Waals surface area contributed by atoms with E-state index in [1.54, 1.807) is 24.3 Å². The molecule has 0 saturated heterocycles. The first-order valence-corrected chi connectivity index (χ1v) is 6.92. The molecule has 0 atom stereocenters. The predicted octanol–water partition coefficient (Wildman–Crippen LogP) is -0.155. The first-order chi connectivity index (χ1) is 8.94. The van der Waals surface area contributed by atoms with E-state index < -0.39 is 15.9 Å². The maximum atomic E-state index is 11.6. The summed E-state index contributed by atoms with van der Waals surface area (Å²) >= 11 is 0. The number of carbonyl (C=O) groups excluding carboxylic acids is 1. The molecular formula is C10H11N5O3S. The number of rotatable bonds is 4. The summed E-state index contributed by atoms with van der Waals surface area (Å²) in [5, 5.41) is 13.5. The van der Waals surface area contributed by atoms with Gasteiger partial charge in [0, 0.05) is 5.69 Å². The normalized spacial score (nSPS) is 11.2. The molecule has 0 spiro atoms. The average molecular weight is 281 g/mol. The molecule has 0 radical (unpaired) electrons. The molecule has 1 heterocycles. The third-order valence-electron chi connectivity index (χ3n) is 2.21. The number of hydrogen-bond acceptors (Lipinski definition) is 5. The molecule has 2 aromatic rings. The Morgan fingerprint density at radius 3 is 2.53 bits per heavy atom. The van der Waals surface area contributed by atoms with Gasteiger partial charge in [0.1, 0.15) is 6.33 Å². The van der Waals surface area contributed by atoms with Gasteiger partial charge in [-0.3, -0.25) is 9.89 Å². The Bertz CT molecular complexity index is 664. The Morgan fingerprint density at radius 1 is 1.32 bits per heavy atom. The van der Waals surface area contributed by atoms with Gasteiger partial charge < -0.3 is 5.32 Å². The van der Waals surface area contributed by atoms with E-state index in [1.165, 1.54) is 6.33 Å². The second kappa shape index (κ2) is 5.16. The molecule has 8 nitrogen and oxygen atoms in total. The van der Waals surface area contributed by atoms with Gasteiger partial charge in [0.25, 0.3) is 5.91 Å². The van der Waals surface area contributed by atoms with Gasteiger partial charge in [-0.1, -0.05) is 12.1 Å². The highest BCUT2D eigenvalue weighted by Crippen LogP contribution is 2.11. The fourth-order valence-electron chi connectivity index (χ4n) is 1.42. The molecule has 19 heavy (non-hydrogen) atoms. The number of nitrogens with two attached hydrogens (primary N) is 1. The Balaban J connectivity index is 2.05. The molecule has 4 N–H and O–H groups in total. The minimum absolute atomic E-state index is 0.0913. The standard InChI is InChI=1S/C10H11N5O3S/c11-19(17,18)5-7-1-3-8(4-2-7)14-10(16)9-12-6-13-15-9/h1-4,6H,5H2,(H,14,16)(H2,11,17,18)(H,12,13,15). The molecule has 0 bridgehead atoms. The largest absolute Gasteiger partial charge is 0.319 e. The Morgan fingerprint density at radius 2 is 2.00 bits per heavy atom. The van der Waals surface area contributed by atoms with Crippen LogP contribution in [0, 0.1) is 0 Å². The van der Waals surface area contributed by atoms with Gasteiger partial charge in [0.2, 0.25) is 15.8 Å². The van der Waals surface area contributed by atoms with Crippen LogP contribution in [0.25, 0.3) is 0 Å². The third kappa shape index (κ3) is 3.86. The van der Waals surface area contributed by atoms with E-state index in [0.29, 0.717) is 11.3 Å². The topological polar surface area (TPSA) is 131 Å². The van der Waals surface area contributed by atoms with Crippen LogP contribution in [0.3, 0.4) is 0 Å². The SMILES string of the molecule is NS(=O)(=O)Cc1ccc(NC(=O)c2ncn[nH]2)cc1. The zero-order chi connectivity index (χ0) is 13.9. The van der Waals surface area contributed by atoms with Crippen LogP contribution >= 0.6 is 0 Å². The van der Waals surface area contributed by atoms with Gasteiger partial charge in [-0.05, 0) is 17.7 Å². The predicted molar refractivity (Wildman–Crippen MR) is 67.6 cm³/mol. The number of aromatic nitrogens is 3. The Kier molecular flexibility index (Phi) is 3.58. The Labute approximate surface area is 109 Å². The number of hydrogen-bond donors (Lipinski definition) is 3. The first-order valence-electron chi connectivity index (χ1n) is 5.20. The molecular weight excluding hydrogens is 270 g/mol. The van der Waals surface area contributed by atoms with Crippen LogP contribution in [0.15, 0.2) is 30.6 Å². The zero-order valence-corrected chi connectivity index (χ0v) is 10.5. The molecule has 1 aromatic carbocycles. The van der Waals surface area contributed by atoms with Crippen molar-refractivity contribution in [2.75, 3.05) is 5.32 Å². The van der Waals surface area contributed by atoms with E-state index in [4.69, 9.17) is 5.14 Å². The van der Waals surface area contributed by atoms with Crippen molar-refractivity contribution < 1.29 is 13.2 Å². The van der Waals surface area contributed by atoms with Crippen LogP contribution in [0.1, 0.15) is 16.2 Å². The van der Waals surface area contributed by atoms with Crippen molar-refractivity contribution in [2.45, 2.75) is 5.75 Å². The summed E-state index contributed by atoms with van der Waals surface area (Å²) in [4.78, 5) is 15.3. The molecule has 0 aliphatic rings. The second-order valence-corrected chi connectivity index (χ2v) is 5.41. The maximum absolute atomic E-state index is 11.6. The molecule has 0 aliphatic carbocycles. The summed E-state index contributed by atoms with van der Waals surface area (Å²) < 4.78 is 21.8. The van der Waals surface area contributed by atoms with Crippen LogP contribution < -0.4 is 10.5 Å². The van der Waals surface area contributed by atoms with Crippen LogP contribution in [0.2, 0.25) is 0 Å².